The van der Waals surface area contributed by atoms with Crippen LogP contribution in [0, 0.1) is 17.0 Å². The van der Waals surface area contributed by atoms with Crippen molar-refractivity contribution in [1.82, 2.24) is 0 Å². The van der Waals surface area contributed by atoms with Gasteiger partial charge in [0.15, 0.2) is 0 Å². The molecule has 0 unspecified atom stereocenters. The molecule has 6 heteroatoms. The largest absolute Gasteiger partial charge is 0.287 e. The third kappa shape index (κ3) is 1.93. The first kappa shape index (κ1) is 11.1. The second-order valence-electron chi connectivity index (χ2n) is 2.60. The number of hydrogen-bond donors (Lipinski definition) is 0. The van der Waals surface area contributed by atoms with Crippen molar-refractivity contribution in [1.29, 1.82) is 0 Å². The van der Waals surface area contributed by atoms with Gasteiger partial charge in [0.1, 0.15) is 0 Å². The Balaban J connectivity index is 3.49. The molecule has 0 aliphatic carbocycles. The van der Waals surface area contributed by atoms with Gasteiger partial charge in [0.25, 0.3) is 10.9 Å². The summed E-state index contributed by atoms with van der Waals surface area (Å²) in [7, 11) is 0. The fraction of sp³-hybridized carbons (Fsp3) is 0.125. The molecule has 0 aliphatic rings. The van der Waals surface area contributed by atoms with Crippen molar-refractivity contribution in [3.8, 4) is 0 Å². The van der Waals surface area contributed by atoms with Crippen LogP contribution >= 0.6 is 27.5 Å². The Morgan fingerprint density at radius 1 is 1.57 bits per heavy atom. The van der Waals surface area contributed by atoms with E-state index in [0.717, 1.165) is 0 Å². The van der Waals surface area contributed by atoms with Crippen LogP contribution in [0.3, 0.4) is 0 Å². The zero-order valence-corrected chi connectivity index (χ0v) is 9.42. The first-order valence-corrected chi connectivity index (χ1v) is 4.75. The molecule has 0 aliphatic heterocycles. The Bertz CT molecular complexity index is 419. The molecule has 1 rings (SSSR count). The molecule has 0 fully saturated rings. The molecule has 0 heterocycles. The molecule has 0 saturated heterocycles. The summed E-state index contributed by atoms with van der Waals surface area (Å²) in [6, 6.07) is 2.88. The van der Waals surface area contributed by atoms with E-state index in [2.05, 4.69) is 15.9 Å². The van der Waals surface area contributed by atoms with Crippen LogP contribution in [0.5, 0.6) is 0 Å². The summed E-state index contributed by atoms with van der Waals surface area (Å²) in [5, 5.41) is 9.94. The number of carbonyl (C=O) groups is 1. The molecule has 0 N–H and O–H groups in total. The van der Waals surface area contributed by atoms with Gasteiger partial charge < -0.3 is 0 Å². The van der Waals surface area contributed by atoms with Crippen LogP contribution in [0.1, 0.15) is 15.9 Å². The number of carbonyl (C=O) groups excluding carboxylic acids is 1. The van der Waals surface area contributed by atoms with Gasteiger partial charge in [-0.1, -0.05) is 0 Å². The molecule has 0 saturated carbocycles. The molecule has 0 spiro atoms. The Hall–Kier alpha value is -0.940. The van der Waals surface area contributed by atoms with Crippen molar-refractivity contribution in [2.75, 3.05) is 0 Å². The van der Waals surface area contributed by atoms with Crippen molar-refractivity contribution >= 4 is 38.5 Å². The van der Waals surface area contributed by atoms with Gasteiger partial charge >= 0.3 is 0 Å². The minimum atomic E-state index is -0.696. The fourth-order valence-electron chi connectivity index (χ4n) is 1.10. The van der Waals surface area contributed by atoms with Crippen molar-refractivity contribution < 1.29 is 9.72 Å². The quantitative estimate of drug-likeness (QED) is 0.474. The lowest BCUT2D eigenvalue weighted by molar-refractivity contribution is -0.386. The number of nitro benzene ring substituents is 1. The van der Waals surface area contributed by atoms with Crippen LogP contribution in [0.2, 0.25) is 0 Å². The molecule has 1 aromatic carbocycles. The molecule has 4 nitrogen and oxygen atoms in total. The second-order valence-corrected chi connectivity index (χ2v) is 3.80. The van der Waals surface area contributed by atoms with E-state index in [1.165, 1.54) is 19.1 Å². The van der Waals surface area contributed by atoms with Crippen molar-refractivity contribution in [3.63, 3.8) is 0 Å². The molecular formula is C8H5BrClNO3. The first-order valence-electron chi connectivity index (χ1n) is 3.58. The van der Waals surface area contributed by atoms with E-state index in [9.17, 15) is 14.9 Å². The van der Waals surface area contributed by atoms with E-state index >= 15 is 0 Å². The summed E-state index contributed by atoms with van der Waals surface area (Å²) in [5.74, 6) is 0. The van der Waals surface area contributed by atoms with Crippen molar-refractivity contribution in [3.05, 3.63) is 37.8 Å². The van der Waals surface area contributed by atoms with E-state index in [1.54, 1.807) is 0 Å². The number of nitrogens with zero attached hydrogens (tertiary/aromatic N) is 1. The smallest absolute Gasteiger partial charge is 0.276 e. The Morgan fingerprint density at radius 3 is 2.57 bits per heavy atom. The van der Waals surface area contributed by atoms with Crippen LogP contribution in [0.15, 0.2) is 16.6 Å². The van der Waals surface area contributed by atoms with Gasteiger partial charge in [0.2, 0.25) is 0 Å². The van der Waals surface area contributed by atoms with E-state index in [0.29, 0.717) is 4.47 Å². The summed E-state index contributed by atoms with van der Waals surface area (Å²) in [4.78, 5) is 21.0. The lowest BCUT2D eigenvalue weighted by Crippen LogP contribution is -1.99. The van der Waals surface area contributed by atoms with Crippen molar-refractivity contribution in [2.24, 2.45) is 0 Å². The first-order chi connectivity index (χ1) is 6.45. The van der Waals surface area contributed by atoms with Crippen LogP contribution in [0.25, 0.3) is 0 Å². The van der Waals surface area contributed by atoms with Gasteiger partial charge in [-0.25, -0.2) is 0 Å². The molecule has 0 amide bonds. The molecule has 0 bridgehead atoms. The van der Waals surface area contributed by atoms with Gasteiger partial charge in [-0.05, 0) is 46.6 Å². The minimum Gasteiger partial charge on any atom is -0.276 e. The van der Waals surface area contributed by atoms with E-state index in [4.69, 9.17) is 11.6 Å². The number of rotatable bonds is 2. The second kappa shape index (κ2) is 4.06. The summed E-state index contributed by atoms with van der Waals surface area (Å²) in [6.45, 7) is 1.48. The predicted molar refractivity (Wildman–Crippen MR) is 55.7 cm³/mol. The van der Waals surface area contributed by atoms with E-state index < -0.39 is 10.2 Å². The zero-order chi connectivity index (χ0) is 10.9. The van der Waals surface area contributed by atoms with Crippen molar-refractivity contribution in [2.45, 2.75) is 6.92 Å². The topological polar surface area (TPSA) is 60.2 Å². The maximum Gasteiger partial charge on any atom is 0.287 e. The van der Waals surface area contributed by atoms with E-state index in [1.807, 2.05) is 0 Å². The number of nitro groups is 1. The Morgan fingerprint density at radius 2 is 2.14 bits per heavy atom. The average Bonchev–Trinajstić information content (AvgIpc) is 2.02. The van der Waals surface area contributed by atoms with Crippen LogP contribution in [-0.4, -0.2) is 10.2 Å². The number of benzene rings is 1. The van der Waals surface area contributed by atoms with Crippen LogP contribution in [0.4, 0.5) is 5.69 Å². The van der Waals surface area contributed by atoms with Crippen LogP contribution in [-0.2, 0) is 0 Å². The molecule has 1 aromatic rings. The summed E-state index contributed by atoms with van der Waals surface area (Å²) in [6.07, 6.45) is 0. The normalized spacial score (nSPS) is 9.93. The van der Waals surface area contributed by atoms with E-state index in [-0.39, 0.29) is 16.8 Å². The third-order valence-electron chi connectivity index (χ3n) is 1.78. The van der Waals surface area contributed by atoms with Gasteiger partial charge in [-0.2, -0.15) is 0 Å². The number of halogens is 2. The van der Waals surface area contributed by atoms with Gasteiger partial charge in [-0.15, -0.1) is 0 Å². The molecule has 74 valence electrons. The molecular weight excluding hydrogens is 273 g/mol. The summed E-state index contributed by atoms with van der Waals surface area (Å²) >= 11 is 8.30. The van der Waals surface area contributed by atoms with Crippen LogP contribution < -0.4 is 0 Å². The highest BCUT2D eigenvalue weighted by Gasteiger charge is 2.20. The third-order valence-corrected chi connectivity index (χ3v) is 2.62. The average molecular weight is 278 g/mol. The van der Waals surface area contributed by atoms with Gasteiger partial charge in [0.05, 0.1) is 9.40 Å². The molecule has 0 aromatic heterocycles. The van der Waals surface area contributed by atoms with Gasteiger partial charge in [0, 0.05) is 11.1 Å². The predicted octanol–water partition coefficient (Wildman–Crippen LogP) is 3.04. The highest BCUT2D eigenvalue weighted by Crippen LogP contribution is 2.31. The highest BCUT2D eigenvalue weighted by molar-refractivity contribution is 9.10. The fourth-order valence-corrected chi connectivity index (χ4v) is 1.88. The maximum atomic E-state index is 10.9. The molecule has 0 radical (unpaired) electrons. The SMILES string of the molecule is Cc1c(C(=O)Cl)ccc(Br)c1[N+](=O)[O-]. The minimum absolute atomic E-state index is 0.128. The maximum absolute atomic E-state index is 10.9. The number of hydrogen-bond acceptors (Lipinski definition) is 3. The zero-order valence-electron chi connectivity index (χ0n) is 7.08. The molecule has 0 atom stereocenters. The lowest BCUT2D eigenvalue weighted by atomic mass is 10.1. The highest BCUT2D eigenvalue weighted by atomic mass is 79.9. The molecule has 14 heavy (non-hydrogen) atoms. The van der Waals surface area contributed by atoms with Gasteiger partial charge in [-0.3, -0.25) is 14.9 Å². The summed E-state index contributed by atoms with van der Waals surface area (Å²) < 4.78 is 0.335. The summed E-state index contributed by atoms with van der Waals surface area (Å²) in [5.41, 5.74) is 0.294. The monoisotopic (exact) mass is 277 g/mol. The lowest BCUT2D eigenvalue weighted by Gasteiger charge is -2.02. The Labute approximate surface area is 93.1 Å². The Kier molecular flexibility index (Phi) is 3.23. The standard InChI is InChI=1S/C8H5BrClNO3/c1-4-5(8(10)12)2-3-6(9)7(4)11(13)14/h2-3H,1H3.